The minimum Gasteiger partial charge on any atom is -0.384 e. The van der Waals surface area contributed by atoms with Crippen LogP contribution in [0.25, 0.3) is 32.9 Å². The molecular formula is C22H19ClFN5. The van der Waals surface area contributed by atoms with Crippen LogP contribution in [0, 0.1) is 5.82 Å². The van der Waals surface area contributed by atoms with Crippen LogP contribution in [0.2, 0.25) is 5.02 Å². The predicted octanol–water partition coefficient (Wildman–Crippen LogP) is 5.21. The molecule has 0 bridgehead atoms. The van der Waals surface area contributed by atoms with Gasteiger partial charge in [-0.15, -0.1) is 0 Å². The molecule has 0 radical (unpaired) electrons. The van der Waals surface area contributed by atoms with E-state index in [0.717, 1.165) is 42.7 Å². The lowest BCUT2D eigenvalue weighted by molar-refractivity contribution is 0.574. The standard InChI is InChI=1S/C22H19ClFN5/c23-16-10-15-18(26-12-27-22(15)29-7-2-1-3-8-29)11-14(16)21-20-13(9-19(25)28-21)5-4-6-17(20)24/h4-6,9-12H,1-3,7-8H2,(H2,25,28). The van der Waals surface area contributed by atoms with Gasteiger partial charge in [-0.3, -0.25) is 0 Å². The van der Waals surface area contributed by atoms with Crippen molar-refractivity contribution in [2.75, 3.05) is 23.7 Å². The molecule has 2 N–H and O–H groups in total. The van der Waals surface area contributed by atoms with Crippen LogP contribution >= 0.6 is 11.6 Å². The number of piperidine rings is 1. The summed E-state index contributed by atoms with van der Waals surface area (Å²) in [7, 11) is 0. The molecule has 29 heavy (non-hydrogen) atoms. The first-order chi connectivity index (χ1) is 14.1. The highest BCUT2D eigenvalue weighted by atomic mass is 35.5. The highest BCUT2D eigenvalue weighted by molar-refractivity contribution is 6.34. The molecule has 5 rings (SSSR count). The number of halogens is 2. The molecule has 0 atom stereocenters. The van der Waals surface area contributed by atoms with E-state index in [-0.39, 0.29) is 5.82 Å². The summed E-state index contributed by atoms with van der Waals surface area (Å²) in [4.78, 5) is 15.6. The Labute approximate surface area is 172 Å². The van der Waals surface area contributed by atoms with Crippen molar-refractivity contribution < 1.29 is 4.39 Å². The second kappa shape index (κ2) is 7.12. The van der Waals surface area contributed by atoms with E-state index in [0.29, 0.717) is 32.9 Å². The van der Waals surface area contributed by atoms with E-state index in [9.17, 15) is 4.39 Å². The Hall–Kier alpha value is -2.99. The molecular weight excluding hydrogens is 389 g/mol. The van der Waals surface area contributed by atoms with Crippen molar-refractivity contribution in [3.8, 4) is 11.3 Å². The molecule has 1 fully saturated rings. The fourth-order valence-electron chi connectivity index (χ4n) is 4.08. The van der Waals surface area contributed by atoms with Crippen molar-refractivity contribution in [1.29, 1.82) is 0 Å². The number of benzene rings is 2. The molecule has 1 aliphatic rings. The second-order valence-corrected chi connectivity index (χ2v) is 7.74. The monoisotopic (exact) mass is 407 g/mol. The normalized spacial score (nSPS) is 14.6. The minimum atomic E-state index is -0.363. The van der Waals surface area contributed by atoms with Gasteiger partial charge in [0.2, 0.25) is 0 Å². The van der Waals surface area contributed by atoms with Crippen molar-refractivity contribution in [2.24, 2.45) is 0 Å². The summed E-state index contributed by atoms with van der Waals surface area (Å²) in [6.07, 6.45) is 5.10. The van der Waals surface area contributed by atoms with Gasteiger partial charge in [-0.05, 0) is 48.9 Å². The number of anilines is 2. The first-order valence-corrected chi connectivity index (χ1v) is 10.0. The molecule has 146 valence electrons. The van der Waals surface area contributed by atoms with E-state index in [1.807, 2.05) is 18.2 Å². The number of hydrogen-bond acceptors (Lipinski definition) is 5. The van der Waals surface area contributed by atoms with Crippen LogP contribution in [0.1, 0.15) is 19.3 Å². The number of pyridine rings is 1. The quantitative estimate of drug-likeness (QED) is 0.494. The smallest absolute Gasteiger partial charge is 0.139 e. The van der Waals surface area contributed by atoms with Gasteiger partial charge in [-0.2, -0.15) is 0 Å². The Morgan fingerprint density at radius 2 is 1.86 bits per heavy atom. The highest BCUT2D eigenvalue weighted by Crippen LogP contribution is 2.38. The van der Waals surface area contributed by atoms with E-state index in [1.54, 1.807) is 18.5 Å². The molecule has 3 heterocycles. The summed E-state index contributed by atoms with van der Waals surface area (Å²) in [5, 5.41) is 2.43. The molecule has 1 saturated heterocycles. The third-order valence-electron chi connectivity index (χ3n) is 5.44. The molecule has 2 aromatic heterocycles. The lowest BCUT2D eigenvalue weighted by Gasteiger charge is -2.28. The van der Waals surface area contributed by atoms with Gasteiger partial charge in [0.25, 0.3) is 0 Å². The van der Waals surface area contributed by atoms with Crippen LogP contribution in [0.4, 0.5) is 16.0 Å². The molecule has 0 amide bonds. The van der Waals surface area contributed by atoms with E-state index in [4.69, 9.17) is 17.3 Å². The predicted molar refractivity (Wildman–Crippen MR) is 116 cm³/mol. The molecule has 1 aliphatic heterocycles. The number of nitrogen functional groups attached to an aromatic ring is 1. The van der Waals surface area contributed by atoms with Gasteiger partial charge in [0.05, 0.1) is 16.2 Å². The Kier molecular flexibility index (Phi) is 4.43. The Morgan fingerprint density at radius 3 is 2.69 bits per heavy atom. The number of rotatable bonds is 2. The number of fused-ring (bicyclic) bond motifs is 2. The van der Waals surface area contributed by atoms with Crippen LogP contribution in [-0.2, 0) is 0 Å². The first kappa shape index (κ1) is 18.1. The third-order valence-corrected chi connectivity index (χ3v) is 5.75. The van der Waals surface area contributed by atoms with Crippen molar-refractivity contribution in [3.63, 3.8) is 0 Å². The summed E-state index contributed by atoms with van der Waals surface area (Å²) >= 11 is 6.68. The van der Waals surface area contributed by atoms with Crippen molar-refractivity contribution in [3.05, 3.63) is 53.6 Å². The molecule has 0 spiro atoms. The fraction of sp³-hybridized carbons (Fsp3) is 0.227. The van der Waals surface area contributed by atoms with Crippen LogP contribution in [0.3, 0.4) is 0 Å². The molecule has 5 nitrogen and oxygen atoms in total. The van der Waals surface area contributed by atoms with Crippen molar-refractivity contribution in [1.82, 2.24) is 15.0 Å². The van der Waals surface area contributed by atoms with Gasteiger partial charge < -0.3 is 10.6 Å². The number of aromatic nitrogens is 3. The third kappa shape index (κ3) is 3.13. The van der Waals surface area contributed by atoms with Gasteiger partial charge in [0, 0.05) is 29.4 Å². The maximum Gasteiger partial charge on any atom is 0.139 e. The van der Waals surface area contributed by atoms with Crippen LogP contribution < -0.4 is 10.6 Å². The zero-order valence-corrected chi connectivity index (χ0v) is 16.5. The Balaban J connectivity index is 1.74. The van der Waals surface area contributed by atoms with E-state index < -0.39 is 0 Å². The average molecular weight is 408 g/mol. The topological polar surface area (TPSA) is 67.9 Å². The summed E-state index contributed by atoms with van der Waals surface area (Å²) in [5.41, 5.74) is 7.75. The second-order valence-electron chi connectivity index (χ2n) is 7.33. The Morgan fingerprint density at radius 1 is 1.03 bits per heavy atom. The van der Waals surface area contributed by atoms with Gasteiger partial charge in [0.1, 0.15) is 23.8 Å². The SMILES string of the molecule is Nc1cc2cccc(F)c2c(-c2cc3ncnc(N4CCCCC4)c3cc2Cl)n1. The maximum absolute atomic E-state index is 14.7. The summed E-state index contributed by atoms with van der Waals surface area (Å²) in [6, 6.07) is 10.2. The summed E-state index contributed by atoms with van der Waals surface area (Å²) in [6.45, 7) is 1.94. The molecule has 2 aromatic carbocycles. The highest BCUT2D eigenvalue weighted by Gasteiger charge is 2.19. The van der Waals surface area contributed by atoms with E-state index in [2.05, 4.69) is 19.9 Å². The van der Waals surface area contributed by atoms with Gasteiger partial charge >= 0.3 is 0 Å². The molecule has 0 aliphatic carbocycles. The zero-order valence-electron chi connectivity index (χ0n) is 15.7. The molecule has 0 unspecified atom stereocenters. The Bertz CT molecular complexity index is 1240. The van der Waals surface area contributed by atoms with E-state index in [1.165, 1.54) is 12.5 Å². The minimum absolute atomic E-state index is 0.311. The fourth-order valence-corrected chi connectivity index (χ4v) is 4.34. The average Bonchev–Trinajstić information content (AvgIpc) is 2.73. The lowest BCUT2D eigenvalue weighted by Crippen LogP contribution is -2.30. The number of hydrogen-bond donors (Lipinski definition) is 1. The summed E-state index contributed by atoms with van der Waals surface area (Å²) < 4.78 is 14.7. The van der Waals surface area contributed by atoms with Gasteiger partial charge in [0.15, 0.2) is 0 Å². The molecule has 0 saturated carbocycles. The van der Waals surface area contributed by atoms with E-state index >= 15 is 0 Å². The van der Waals surface area contributed by atoms with Crippen LogP contribution in [0.15, 0.2) is 42.7 Å². The number of nitrogens with two attached hydrogens (primary N) is 1. The summed E-state index contributed by atoms with van der Waals surface area (Å²) in [5.74, 6) is 0.837. The molecule has 4 aromatic rings. The number of nitrogens with zero attached hydrogens (tertiary/aromatic N) is 4. The van der Waals surface area contributed by atoms with Crippen molar-refractivity contribution in [2.45, 2.75) is 19.3 Å². The maximum atomic E-state index is 14.7. The molecule has 7 heteroatoms. The van der Waals surface area contributed by atoms with Crippen molar-refractivity contribution >= 4 is 44.9 Å². The van der Waals surface area contributed by atoms with Gasteiger partial charge in [-0.1, -0.05) is 23.7 Å². The van der Waals surface area contributed by atoms with Gasteiger partial charge in [-0.25, -0.2) is 19.3 Å². The van der Waals surface area contributed by atoms with Crippen LogP contribution in [-0.4, -0.2) is 28.0 Å². The zero-order chi connectivity index (χ0) is 20.0. The first-order valence-electron chi connectivity index (χ1n) is 9.66. The van der Waals surface area contributed by atoms with Crippen LogP contribution in [0.5, 0.6) is 0 Å². The lowest BCUT2D eigenvalue weighted by atomic mass is 10.0. The largest absolute Gasteiger partial charge is 0.384 e.